The fourth-order valence-corrected chi connectivity index (χ4v) is 5.39. The molecular formula is C30H24FN9O. The van der Waals surface area contributed by atoms with Gasteiger partial charge in [-0.1, -0.05) is 18.9 Å². The van der Waals surface area contributed by atoms with Crippen LogP contribution in [-0.2, 0) is 4.79 Å². The number of halogens is 1. The Kier molecular flexibility index (Phi) is 6.31. The molecule has 0 unspecified atom stereocenters. The molecule has 10 nitrogen and oxygen atoms in total. The first-order chi connectivity index (χ1) is 20.2. The zero-order valence-electron chi connectivity index (χ0n) is 21.9. The van der Waals surface area contributed by atoms with Gasteiger partial charge in [-0.25, -0.2) is 24.3 Å². The smallest absolute Gasteiger partial charge is 0.227 e. The second-order valence-corrected chi connectivity index (χ2v) is 10.0. The molecule has 2 aliphatic rings. The predicted octanol–water partition coefficient (Wildman–Crippen LogP) is 5.30. The number of imidazole rings is 1. The van der Waals surface area contributed by atoms with Gasteiger partial charge in [0.15, 0.2) is 17.3 Å². The summed E-state index contributed by atoms with van der Waals surface area (Å²) in [5, 5.41) is 2.94. The SMILES string of the molecule is O=C(Nc1cncc(-c2cnc3c(c2F)C(c2nc4nccc(-c5cccnc5)c4[nH]2)=NCC=N3)c1)C1CCCC1. The lowest BCUT2D eigenvalue weighted by Gasteiger charge is -2.13. The Morgan fingerprint density at radius 3 is 2.71 bits per heavy atom. The van der Waals surface area contributed by atoms with Crippen LogP contribution in [0.1, 0.15) is 37.1 Å². The number of hydrogen-bond acceptors (Lipinski definition) is 8. The van der Waals surface area contributed by atoms with Gasteiger partial charge in [-0.15, -0.1) is 0 Å². The summed E-state index contributed by atoms with van der Waals surface area (Å²) in [5.41, 5.74) is 4.51. The number of aromatic amines is 1. The fraction of sp³-hybridized carbons (Fsp3) is 0.200. The van der Waals surface area contributed by atoms with E-state index in [4.69, 9.17) is 0 Å². The fourth-order valence-electron chi connectivity index (χ4n) is 5.39. The van der Waals surface area contributed by atoms with Crippen molar-refractivity contribution in [1.29, 1.82) is 0 Å². The Bertz CT molecular complexity index is 1840. The molecule has 0 saturated heterocycles. The van der Waals surface area contributed by atoms with E-state index in [1.807, 2.05) is 18.2 Å². The third kappa shape index (κ3) is 4.65. The van der Waals surface area contributed by atoms with Gasteiger partial charge in [0.1, 0.15) is 11.5 Å². The van der Waals surface area contributed by atoms with Crippen LogP contribution in [0.4, 0.5) is 15.9 Å². The number of H-pyrrole nitrogens is 1. The molecule has 6 heterocycles. The number of rotatable bonds is 5. The first-order valence-corrected chi connectivity index (χ1v) is 13.4. The number of anilines is 1. The summed E-state index contributed by atoms with van der Waals surface area (Å²) in [7, 11) is 0. The maximum atomic E-state index is 16.4. The van der Waals surface area contributed by atoms with Gasteiger partial charge in [0.2, 0.25) is 5.91 Å². The van der Waals surface area contributed by atoms with Gasteiger partial charge in [0.05, 0.1) is 29.5 Å². The summed E-state index contributed by atoms with van der Waals surface area (Å²) >= 11 is 0. The van der Waals surface area contributed by atoms with Gasteiger partial charge < -0.3 is 10.3 Å². The summed E-state index contributed by atoms with van der Waals surface area (Å²) in [6.45, 7) is 0.227. The molecule has 1 saturated carbocycles. The molecule has 5 aromatic rings. The average molecular weight is 546 g/mol. The number of fused-ring (bicyclic) bond motifs is 2. The van der Waals surface area contributed by atoms with Gasteiger partial charge in [0.25, 0.3) is 0 Å². The van der Waals surface area contributed by atoms with Crippen molar-refractivity contribution in [2.75, 3.05) is 11.9 Å². The largest absolute Gasteiger partial charge is 0.335 e. The first-order valence-electron chi connectivity index (χ1n) is 13.4. The molecule has 1 aliphatic heterocycles. The number of aromatic nitrogens is 6. The summed E-state index contributed by atoms with van der Waals surface area (Å²) in [4.78, 5) is 46.9. The van der Waals surface area contributed by atoms with Crippen molar-refractivity contribution in [3.63, 3.8) is 0 Å². The lowest BCUT2D eigenvalue weighted by molar-refractivity contribution is -0.119. The maximum Gasteiger partial charge on any atom is 0.227 e. The van der Waals surface area contributed by atoms with Gasteiger partial charge in [-0.05, 0) is 31.0 Å². The third-order valence-electron chi connectivity index (χ3n) is 7.41. The van der Waals surface area contributed by atoms with E-state index in [9.17, 15) is 4.79 Å². The lowest BCUT2D eigenvalue weighted by atomic mass is 10.0. The number of carbonyl (C=O) groups excluding carboxylic acids is 1. The molecule has 0 spiro atoms. The highest BCUT2D eigenvalue weighted by Gasteiger charge is 2.26. The van der Waals surface area contributed by atoms with Crippen molar-refractivity contribution in [2.24, 2.45) is 15.9 Å². The number of carbonyl (C=O) groups is 1. The molecule has 0 radical (unpaired) electrons. The molecule has 1 aliphatic carbocycles. The van der Waals surface area contributed by atoms with Crippen molar-refractivity contribution in [3.05, 3.63) is 78.7 Å². The molecule has 0 bridgehead atoms. The summed E-state index contributed by atoms with van der Waals surface area (Å²) in [5.74, 6) is -0.0472. The second-order valence-electron chi connectivity index (χ2n) is 10.0. The molecule has 7 rings (SSSR count). The zero-order valence-corrected chi connectivity index (χ0v) is 21.9. The minimum atomic E-state index is -0.560. The van der Waals surface area contributed by atoms with Crippen LogP contribution in [0.15, 0.2) is 71.4 Å². The van der Waals surface area contributed by atoms with Crippen LogP contribution in [-0.4, -0.2) is 54.3 Å². The topological polar surface area (TPSA) is 134 Å². The van der Waals surface area contributed by atoms with Gasteiger partial charge in [-0.2, -0.15) is 0 Å². The van der Waals surface area contributed by atoms with Crippen LogP contribution in [0.3, 0.4) is 0 Å². The molecule has 5 aromatic heterocycles. The van der Waals surface area contributed by atoms with E-state index in [0.717, 1.165) is 36.8 Å². The third-order valence-corrected chi connectivity index (χ3v) is 7.41. The molecular weight excluding hydrogens is 521 g/mol. The van der Waals surface area contributed by atoms with E-state index in [1.54, 1.807) is 43.3 Å². The minimum absolute atomic E-state index is 0.00171. The number of hydrogen-bond donors (Lipinski definition) is 2. The first kappa shape index (κ1) is 24.8. The van der Waals surface area contributed by atoms with Crippen LogP contribution in [0.5, 0.6) is 0 Å². The highest BCUT2D eigenvalue weighted by Crippen LogP contribution is 2.34. The molecule has 0 aromatic carbocycles. The molecule has 41 heavy (non-hydrogen) atoms. The van der Waals surface area contributed by atoms with E-state index in [-0.39, 0.29) is 41.0 Å². The number of nitrogens with zero attached hydrogens (tertiary/aromatic N) is 7. The Balaban J connectivity index is 1.29. The van der Waals surface area contributed by atoms with Gasteiger partial charge >= 0.3 is 0 Å². The van der Waals surface area contributed by atoms with Crippen molar-refractivity contribution >= 4 is 40.5 Å². The maximum absolute atomic E-state index is 16.4. The van der Waals surface area contributed by atoms with E-state index in [2.05, 4.69) is 45.2 Å². The number of amides is 1. The average Bonchev–Trinajstić information content (AvgIpc) is 3.65. The quantitative estimate of drug-likeness (QED) is 0.308. The van der Waals surface area contributed by atoms with Crippen LogP contribution < -0.4 is 5.32 Å². The summed E-state index contributed by atoms with van der Waals surface area (Å²) < 4.78 is 16.4. The number of pyridine rings is 4. The van der Waals surface area contributed by atoms with Crippen molar-refractivity contribution in [2.45, 2.75) is 25.7 Å². The van der Waals surface area contributed by atoms with Crippen LogP contribution >= 0.6 is 0 Å². The normalized spacial score (nSPS) is 15.0. The van der Waals surface area contributed by atoms with E-state index >= 15 is 4.39 Å². The Hall–Kier alpha value is -5.19. The van der Waals surface area contributed by atoms with Crippen LogP contribution in [0, 0.1) is 11.7 Å². The number of nitrogens with one attached hydrogen (secondary N) is 2. The van der Waals surface area contributed by atoms with Gasteiger partial charge in [-0.3, -0.25) is 19.8 Å². The summed E-state index contributed by atoms with van der Waals surface area (Å²) in [6, 6.07) is 7.38. The van der Waals surface area contributed by atoms with Crippen molar-refractivity contribution < 1.29 is 9.18 Å². The zero-order chi connectivity index (χ0) is 27.8. The monoisotopic (exact) mass is 545 g/mol. The Morgan fingerprint density at radius 2 is 1.85 bits per heavy atom. The molecule has 2 N–H and O–H groups in total. The van der Waals surface area contributed by atoms with Crippen molar-refractivity contribution in [1.82, 2.24) is 29.9 Å². The van der Waals surface area contributed by atoms with Crippen LogP contribution in [0.2, 0.25) is 0 Å². The molecule has 1 amide bonds. The predicted molar refractivity (Wildman–Crippen MR) is 154 cm³/mol. The minimum Gasteiger partial charge on any atom is -0.335 e. The lowest BCUT2D eigenvalue weighted by Crippen LogP contribution is -2.20. The standard InChI is InChI=1S/C30H24FN9O/c31-24-22(19-12-20(15-33-14-19)38-30(41)17-4-1-2-5-17)16-37-27-23(24)26(34-10-11-36-27)29-39-25-21(7-9-35-28(25)40-29)18-6-3-8-32-13-18/h3,6-9,11-17H,1-2,4-5,10H2,(H,38,41)(H,35,39,40). The molecule has 11 heteroatoms. The second kappa shape index (κ2) is 10.4. The highest BCUT2D eigenvalue weighted by molar-refractivity contribution is 6.16. The Morgan fingerprint density at radius 1 is 0.976 bits per heavy atom. The van der Waals surface area contributed by atoms with Crippen LogP contribution in [0.25, 0.3) is 33.4 Å². The van der Waals surface area contributed by atoms with E-state index in [1.165, 1.54) is 6.20 Å². The highest BCUT2D eigenvalue weighted by atomic mass is 19.1. The molecule has 1 fully saturated rings. The molecule has 0 atom stereocenters. The molecule has 202 valence electrons. The van der Waals surface area contributed by atoms with E-state index in [0.29, 0.717) is 28.2 Å². The Labute approximate surface area is 234 Å². The van der Waals surface area contributed by atoms with E-state index < -0.39 is 5.82 Å². The summed E-state index contributed by atoms with van der Waals surface area (Å²) in [6.07, 6.45) is 15.1. The number of aliphatic imine (C=N–C) groups is 2. The van der Waals surface area contributed by atoms with Crippen molar-refractivity contribution in [3.8, 4) is 22.3 Å². The van der Waals surface area contributed by atoms with Gasteiger partial charge in [0, 0.05) is 65.4 Å².